The average Bonchev–Trinajstić information content (AvgIpc) is 2.25. The SMILES string of the molecule is N[C@@H](c1ccc2c(c1)NC(=O)CO2)C(F)(F)F. The molecule has 4 nitrogen and oxygen atoms in total. The Labute approximate surface area is 94.5 Å². The number of carbonyl (C=O) groups is 1. The number of benzene rings is 1. The van der Waals surface area contributed by atoms with Gasteiger partial charge in [-0.25, -0.2) is 0 Å². The summed E-state index contributed by atoms with van der Waals surface area (Å²) >= 11 is 0. The number of nitrogens with one attached hydrogen (secondary N) is 1. The third kappa shape index (κ3) is 2.33. The van der Waals surface area contributed by atoms with Gasteiger partial charge in [0, 0.05) is 0 Å². The summed E-state index contributed by atoms with van der Waals surface area (Å²) in [5.41, 5.74) is 5.15. The summed E-state index contributed by atoms with van der Waals surface area (Å²) in [4.78, 5) is 11.0. The number of hydrogen-bond donors (Lipinski definition) is 2. The van der Waals surface area contributed by atoms with Gasteiger partial charge in [0.25, 0.3) is 5.91 Å². The van der Waals surface area contributed by atoms with E-state index in [0.29, 0.717) is 5.75 Å². The molecule has 17 heavy (non-hydrogen) atoms. The predicted molar refractivity (Wildman–Crippen MR) is 53.6 cm³/mol. The Balaban J connectivity index is 2.33. The maximum atomic E-state index is 12.4. The first kappa shape index (κ1) is 11.7. The molecule has 0 fully saturated rings. The zero-order chi connectivity index (χ0) is 12.6. The van der Waals surface area contributed by atoms with Crippen molar-refractivity contribution >= 4 is 11.6 Å². The number of hydrogen-bond acceptors (Lipinski definition) is 3. The zero-order valence-corrected chi connectivity index (χ0v) is 8.54. The van der Waals surface area contributed by atoms with Crippen LogP contribution in [0.25, 0.3) is 0 Å². The van der Waals surface area contributed by atoms with Gasteiger partial charge in [-0.15, -0.1) is 0 Å². The van der Waals surface area contributed by atoms with Crippen LogP contribution in [-0.4, -0.2) is 18.7 Å². The Kier molecular flexibility index (Phi) is 2.70. The van der Waals surface area contributed by atoms with Crippen molar-refractivity contribution < 1.29 is 22.7 Å². The Morgan fingerprint density at radius 3 is 2.76 bits per heavy atom. The molecule has 0 aliphatic carbocycles. The summed E-state index contributed by atoms with van der Waals surface area (Å²) in [5, 5.41) is 2.42. The standard InChI is InChI=1S/C10H9F3N2O2/c11-10(12,13)9(14)5-1-2-7-6(3-5)15-8(16)4-17-7/h1-3,9H,4,14H2,(H,15,16)/t9-/m0/s1. The van der Waals surface area contributed by atoms with Crippen LogP contribution in [0.3, 0.4) is 0 Å². The molecule has 2 rings (SSSR count). The Hall–Kier alpha value is -1.76. The first-order valence-electron chi connectivity index (χ1n) is 4.77. The van der Waals surface area contributed by atoms with Gasteiger partial charge in [-0.3, -0.25) is 4.79 Å². The minimum absolute atomic E-state index is 0.123. The molecule has 0 saturated heterocycles. The van der Waals surface area contributed by atoms with Gasteiger partial charge in [0.2, 0.25) is 0 Å². The lowest BCUT2D eigenvalue weighted by atomic mass is 10.1. The maximum Gasteiger partial charge on any atom is 0.407 e. The highest BCUT2D eigenvalue weighted by Crippen LogP contribution is 2.35. The molecule has 92 valence electrons. The van der Waals surface area contributed by atoms with Crippen LogP contribution in [0, 0.1) is 0 Å². The molecule has 1 aromatic carbocycles. The van der Waals surface area contributed by atoms with E-state index in [1.165, 1.54) is 18.2 Å². The van der Waals surface area contributed by atoms with E-state index in [4.69, 9.17) is 10.5 Å². The van der Waals surface area contributed by atoms with Crippen molar-refractivity contribution in [2.45, 2.75) is 12.2 Å². The van der Waals surface area contributed by atoms with Gasteiger partial charge in [-0.05, 0) is 17.7 Å². The monoisotopic (exact) mass is 246 g/mol. The van der Waals surface area contributed by atoms with Crippen LogP contribution in [0.2, 0.25) is 0 Å². The maximum absolute atomic E-state index is 12.4. The fourth-order valence-corrected chi connectivity index (χ4v) is 1.48. The number of nitrogens with two attached hydrogens (primary N) is 1. The fourth-order valence-electron chi connectivity index (χ4n) is 1.48. The van der Waals surface area contributed by atoms with Crippen LogP contribution in [0.4, 0.5) is 18.9 Å². The lowest BCUT2D eigenvalue weighted by Gasteiger charge is -2.21. The molecule has 0 bridgehead atoms. The second-order valence-corrected chi connectivity index (χ2v) is 3.61. The molecule has 7 heteroatoms. The predicted octanol–water partition coefficient (Wildman–Crippen LogP) is 1.58. The third-order valence-corrected chi connectivity index (χ3v) is 2.35. The van der Waals surface area contributed by atoms with Gasteiger partial charge in [-0.2, -0.15) is 13.2 Å². The van der Waals surface area contributed by atoms with Crippen molar-refractivity contribution in [2.24, 2.45) is 5.73 Å². The van der Waals surface area contributed by atoms with Crippen molar-refractivity contribution in [3.8, 4) is 5.75 Å². The van der Waals surface area contributed by atoms with Crippen molar-refractivity contribution in [2.75, 3.05) is 11.9 Å². The van der Waals surface area contributed by atoms with Gasteiger partial charge in [-0.1, -0.05) is 6.07 Å². The van der Waals surface area contributed by atoms with Crippen molar-refractivity contribution in [3.05, 3.63) is 23.8 Å². The number of alkyl halides is 3. The lowest BCUT2D eigenvalue weighted by molar-refractivity contribution is -0.149. The number of anilines is 1. The molecule has 1 atom stereocenters. The van der Waals surface area contributed by atoms with Crippen molar-refractivity contribution in [1.82, 2.24) is 0 Å². The van der Waals surface area contributed by atoms with Crippen molar-refractivity contribution in [1.29, 1.82) is 0 Å². The quantitative estimate of drug-likeness (QED) is 0.790. The Morgan fingerprint density at radius 1 is 1.41 bits per heavy atom. The van der Waals surface area contributed by atoms with E-state index >= 15 is 0 Å². The Morgan fingerprint density at radius 2 is 2.12 bits per heavy atom. The van der Waals surface area contributed by atoms with Gasteiger partial charge in [0.15, 0.2) is 6.61 Å². The molecular weight excluding hydrogens is 237 g/mol. The summed E-state index contributed by atoms with van der Waals surface area (Å²) in [6.07, 6.45) is -4.52. The van der Waals surface area contributed by atoms with E-state index in [0.717, 1.165) is 0 Å². The molecule has 3 N–H and O–H groups in total. The topological polar surface area (TPSA) is 64.3 Å². The number of halogens is 3. The zero-order valence-electron chi connectivity index (χ0n) is 8.54. The number of amides is 1. The highest BCUT2D eigenvalue weighted by Gasteiger charge is 2.38. The molecule has 0 radical (unpaired) electrons. The van der Waals surface area contributed by atoms with Crippen LogP contribution < -0.4 is 15.8 Å². The fraction of sp³-hybridized carbons (Fsp3) is 0.300. The van der Waals surface area contributed by atoms with E-state index in [9.17, 15) is 18.0 Å². The van der Waals surface area contributed by atoms with Crippen LogP contribution in [0.5, 0.6) is 5.75 Å². The minimum Gasteiger partial charge on any atom is -0.482 e. The molecule has 0 aromatic heterocycles. The summed E-state index contributed by atoms with van der Waals surface area (Å²) in [5.74, 6) is -0.0713. The van der Waals surface area contributed by atoms with Crippen LogP contribution >= 0.6 is 0 Å². The molecule has 1 aromatic rings. The highest BCUT2D eigenvalue weighted by atomic mass is 19.4. The second kappa shape index (κ2) is 3.92. The average molecular weight is 246 g/mol. The molecule has 1 heterocycles. The van der Waals surface area contributed by atoms with Gasteiger partial charge in [0.1, 0.15) is 11.8 Å². The number of fused-ring (bicyclic) bond motifs is 1. The summed E-state index contributed by atoms with van der Waals surface area (Å²) in [6, 6.07) is 1.68. The third-order valence-electron chi connectivity index (χ3n) is 2.35. The number of rotatable bonds is 1. The molecule has 1 aliphatic heterocycles. The van der Waals surface area contributed by atoms with E-state index in [-0.39, 0.29) is 17.9 Å². The second-order valence-electron chi connectivity index (χ2n) is 3.61. The molecule has 0 unspecified atom stereocenters. The molecule has 1 amide bonds. The summed E-state index contributed by atoms with van der Waals surface area (Å²) in [6.45, 7) is -0.141. The Bertz CT molecular complexity index is 459. The van der Waals surface area contributed by atoms with E-state index in [1.807, 2.05) is 0 Å². The first-order chi connectivity index (χ1) is 7.88. The molecule has 1 aliphatic rings. The van der Waals surface area contributed by atoms with Gasteiger partial charge < -0.3 is 15.8 Å². The molecule has 0 spiro atoms. The lowest BCUT2D eigenvalue weighted by Crippen LogP contribution is -2.29. The smallest absolute Gasteiger partial charge is 0.407 e. The number of carbonyl (C=O) groups excluding carboxylic acids is 1. The van der Waals surface area contributed by atoms with E-state index < -0.39 is 18.1 Å². The van der Waals surface area contributed by atoms with Gasteiger partial charge in [0.05, 0.1) is 5.69 Å². The summed E-state index contributed by atoms with van der Waals surface area (Å²) < 4.78 is 42.2. The summed E-state index contributed by atoms with van der Waals surface area (Å²) in [7, 11) is 0. The highest BCUT2D eigenvalue weighted by molar-refractivity contribution is 5.95. The van der Waals surface area contributed by atoms with Crippen molar-refractivity contribution in [3.63, 3.8) is 0 Å². The van der Waals surface area contributed by atoms with E-state index in [1.54, 1.807) is 0 Å². The molecular formula is C10H9F3N2O2. The van der Waals surface area contributed by atoms with Crippen LogP contribution in [0.15, 0.2) is 18.2 Å². The first-order valence-corrected chi connectivity index (χ1v) is 4.77. The van der Waals surface area contributed by atoms with Crippen LogP contribution in [0.1, 0.15) is 11.6 Å². The van der Waals surface area contributed by atoms with Crippen LogP contribution in [-0.2, 0) is 4.79 Å². The number of ether oxygens (including phenoxy) is 1. The van der Waals surface area contributed by atoms with E-state index in [2.05, 4.69) is 5.32 Å². The largest absolute Gasteiger partial charge is 0.482 e. The van der Waals surface area contributed by atoms with Gasteiger partial charge >= 0.3 is 6.18 Å². The minimum atomic E-state index is -4.52. The normalized spacial score (nSPS) is 16.8. The molecule has 0 saturated carbocycles.